The Morgan fingerprint density at radius 1 is 1.21 bits per heavy atom. The molecule has 0 amide bonds. The fourth-order valence-corrected chi connectivity index (χ4v) is 5.00. The zero-order valence-electron chi connectivity index (χ0n) is 16.6. The first kappa shape index (κ1) is 20.6. The number of anilines is 1. The van der Waals surface area contributed by atoms with Crippen molar-refractivity contribution < 1.29 is 18.3 Å². The molecule has 0 radical (unpaired) electrons. The summed E-state index contributed by atoms with van der Waals surface area (Å²) >= 11 is 0. The Bertz CT molecular complexity index is 913. The molecule has 0 bridgehead atoms. The van der Waals surface area contributed by atoms with Crippen molar-refractivity contribution in [1.29, 1.82) is 0 Å². The first-order valence-corrected chi connectivity index (χ1v) is 11.0. The van der Waals surface area contributed by atoms with Gasteiger partial charge in [0.05, 0.1) is 23.8 Å². The summed E-state index contributed by atoms with van der Waals surface area (Å²) in [7, 11) is -2.23. The van der Waals surface area contributed by atoms with E-state index in [1.807, 2.05) is 6.92 Å². The van der Waals surface area contributed by atoms with Crippen LogP contribution < -0.4 is 14.4 Å². The van der Waals surface area contributed by atoms with Gasteiger partial charge in [-0.25, -0.2) is 8.42 Å². The average Bonchev–Trinajstić information content (AvgIpc) is 2.83. The number of nitrogens with one attached hydrogen (secondary N) is 1. The van der Waals surface area contributed by atoms with Gasteiger partial charge in [-0.15, -0.1) is 0 Å². The van der Waals surface area contributed by atoms with Crippen LogP contribution in [0, 0.1) is 6.92 Å². The van der Waals surface area contributed by atoms with Crippen LogP contribution in [-0.2, 0) is 10.0 Å². The summed E-state index contributed by atoms with van der Waals surface area (Å²) < 4.78 is 33.6. The van der Waals surface area contributed by atoms with Crippen LogP contribution in [0.5, 0.6) is 5.75 Å². The summed E-state index contributed by atoms with van der Waals surface area (Å²) in [6.45, 7) is 5.01. The Hall–Kier alpha value is -2.09. The number of ether oxygens (including phenoxy) is 1. The molecular formula is C21H28N2O4S. The number of fused-ring (bicyclic) bond motifs is 1. The molecule has 0 unspecified atom stereocenters. The van der Waals surface area contributed by atoms with Crippen LogP contribution in [-0.4, -0.2) is 39.8 Å². The highest BCUT2D eigenvalue weighted by Crippen LogP contribution is 2.38. The smallest absolute Gasteiger partial charge is 0.264 e. The highest BCUT2D eigenvalue weighted by molar-refractivity contribution is 7.92. The van der Waals surface area contributed by atoms with E-state index in [9.17, 15) is 13.5 Å². The molecule has 1 aliphatic heterocycles. The van der Waals surface area contributed by atoms with E-state index in [4.69, 9.17) is 4.74 Å². The van der Waals surface area contributed by atoms with Crippen LogP contribution in [0.1, 0.15) is 37.0 Å². The van der Waals surface area contributed by atoms with Gasteiger partial charge >= 0.3 is 0 Å². The molecule has 2 N–H and O–H groups in total. The van der Waals surface area contributed by atoms with Gasteiger partial charge in [0, 0.05) is 24.2 Å². The molecule has 2 aromatic rings. The van der Waals surface area contributed by atoms with Crippen molar-refractivity contribution in [2.24, 2.45) is 0 Å². The van der Waals surface area contributed by atoms with Crippen molar-refractivity contribution in [2.45, 2.75) is 43.7 Å². The third-order valence-corrected chi connectivity index (χ3v) is 6.94. The molecule has 2 aromatic carbocycles. The molecular weight excluding hydrogens is 376 g/mol. The molecule has 7 heteroatoms. The van der Waals surface area contributed by atoms with Gasteiger partial charge in [0.2, 0.25) is 0 Å². The lowest BCUT2D eigenvalue weighted by Crippen LogP contribution is -2.37. The first-order chi connectivity index (χ1) is 13.4. The molecule has 0 saturated heterocycles. The van der Waals surface area contributed by atoms with Crippen LogP contribution in [0.2, 0.25) is 0 Å². The van der Waals surface area contributed by atoms with Gasteiger partial charge in [0.25, 0.3) is 10.0 Å². The predicted octanol–water partition coefficient (Wildman–Crippen LogP) is 3.00. The zero-order valence-corrected chi connectivity index (χ0v) is 17.4. The molecule has 0 aromatic heterocycles. The lowest BCUT2D eigenvalue weighted by molar-refractivity contribution is 0.128. The van der Waals surface area contributed by atoms with Gasteiger partial charge < -0.3 is 15.2 Å². The molecule has 2 atom stereocenters. The largest absolute Gasteiger partial charge is 0.497 e. The Morgan fingerprint density at radius 2 is 1.93 bits per heavy atom. The van der Waals surface area contributed by atoms with Crippen molar-refractivity contribution in [1.82, 2.24) is 5.32 Å². The maximum atomic E-state index is 13.4. The minimum absolute atomic E-state index is 0.217. The quantitative estimate of drug-likeness (QED) is 0.774. The Labute approximate surface area is 167 Å². The minimum atomic E-state index is -3.77. The lowest BCUT2D eigenvalue weighted by atomic mass is 10.00. The van der Waals surface area contributed by atoms with Crippen molar-refractivity contribution in [3.8, 4) is 5.75 Å². The number of nitrogens with zero attached hydrogens (tertiary/aromatic N) is 1. The summed E-state index contributed by atoms with van der Waals surface area (Å²) in [5.74, 6) is 0.551. The van der Waals surface area contributed by atoms with E-state index >= 15 is 0 Å². The van der Waals surface area contributed by atoms with Crippen LogP contribution >= 0.6 is 0 Å². The Morgan fingerprint density at radius 3 is 2.57 bits per heavy atom. The molecule has 0 saturated carbocycles. The normalized spacial score (nSPS) is 19.8. The summed E-state index contributed by atoms with van der Waals surface area (Å²) in [5.41, 5.74) is 2.05. The number of aliphatic hydroxyl groups is 1. The molecule has 1 aliphatic rings. The summed E-state index contributed by atoms with van der Waals surface area (Å²) in [5, 5.41) is 14.3. The van der Waals surface area contributed by atoms with Gasteiger partial charge in [0.1, 0.15) is 5.75 Å². The van der Waals surface area contributed by atoms with E-state index in [0.717, 1.165) is 18.5 Å². The van der Waals surface area contributed by atoms with Crippen molar-refractivity contribution in [3.63, 3.8) is 0 Å². The van der Waals surface area contributed by atoms with Crippen molar-refractivity contribution >= 4 is 15.7 Å². The van der Waals surface area contributed by atoms with E-state index < -0.39 is 16.1 Å². The van der Waals surface area contributed by atoms with Gasteiger partial charge in [-0.05, 0) is 44.5 Å². The van der Waals surface area contributed by atoms with Crippen LogP contribution in [0.4, 0.5) is 5.69 Å². The van der Waals surface area contributed by atoms with Gasteiger partial charge in [-0.2, -0.15) is 0 Å². The summed E-state index contributed by atoms with van der Waals surface area (Å²) in [6, 6.07) is 11.8. The standard InChI is InChI=1S/C21H28N2O4S/c1-4-12-22-19-11-13-23(28(25,26)17-8-5-15(2)6-9-17)20-14-16(27-3)7-10-18(20)21(19)24/h5-10,14,19,21-22,24H,4,11-13H2,1-3H3/t19-,21+/m1/s1. The second-order valence-corrected chi connectivity index (χ2v) is 8.97. The van der Waals surface area contributed by atoms with Crippen LogP contribution in [0.3, 0.4) is 0 Å². The summed E-state index contributed by atoms with van der Waals surface area (Å²) in [4.78, 5) is 0.237. The molecule has 0 spiro atoms. The maximum Gasteiger partial charge on any atom is 0.264 e. The summed E-state index contributed by atoms with van der Waals surface area (Å²) in [6.07, 6.45) is 0.638. The molecule has 0 aliphatic carbocycles. The van der Waals surface area contributed by atoms with Crippen molar-refractivity contribution in [2.75, 3.05) is 24.5 Å². The predicted molar refractivity (Wildman–Crippen MR) is 110 cm³/mol. The van der Waals surface area contributed by atoms with E-state index in [0.29, 0.717) is 23.4 Å². The van der Waals surface area contributed by atoms with Gasteiger partial charge in [-0.1, -0.05) is 30.7 Å². The number of aliphatic hydroxyl groups excluding tert-OH is 1. The molecule has 0 fully saturated rings. The number of rotatable bonds is 6. The van der Waals surface area contributed by atoms with Crippen molar-refractivity contribution in [3.05, 3.63) is 53.6 Å². The van der Waals surface area contributed by atoms with E-state index in [1.165, 1.54) is 4.31 Å². The van der Waals surface area contributed by atoms with Gasteiger partial charge in [0.15, 0.2) is 0 Å². The number of methoxy groups -OCH3 is 1. The maximum absolute atomic E-state index is 13.4. The second kappa shape index (κ2) is 8.51. The Balaban J connectivity index is 2.09. The average molecular weight is 405 g/mol. The van der Waals surface area contributed by atoms with Crippen LogP contribution in [0.15, 0.2) is 47.4 Å². The van der Waals surface area contributed by atoms with E-state index in [-0.39, 0.29) is 17.5 Å². The number of hydrogen-bond donors (Lipinski definition) is 2. The van der Waals surface area contributed by atoms with E-state index in [2.05, 4.69) is 12.2 Å². The highest BCUT2D eigenvalue weighted by Gasteiger charge is 2.35. The molecule has 3 rings (SSSR count). The number of aryl methyl sites for hydroxylation is 1. The molecule has 152 valence electrons. The Kier molecular flexibility index (Phi) is 6.27. The minimum Gasteiger partial charge on any atom is -0.497 e. The first-order valence-electron chi connectivity index (χ1n) is 9.57. The molecule has 28 heavy (non-hydrogen) atoms. The molecule has 6 nitrogen and oxygen atoms in total. The third kappa shape index (κ3) is 4.01. The van der Waals surface area contributed by atoms with E-state index in [1.54, 1.807) is 49.6 Å². The number of hydrogen-bond acceptors (Lipinski definition) is 5. The zero-order chi connectivity index (χ0) is 20.3. The molecule has 1 heterocycles. The van der Waals surface area contributed by atoms with Crippen LogP contribution in [0.25, 0.3) is 0 Å². The third-order valence-electron chi connectivity index (χ3n) is 5.11. The fraction of sp³-hybridized carbons (Fsp3) is 0.429. The number of benzene rings is 2. The van der Waals surface area contributed by atoms with Gasteiger partial charge in [-0.3, -0.25) is 4.31 Å². The lowest BCUT2D eigenvalue weighted by Gasteiger charge is -2.25. The second-order valence-electron chi connectivity index (χ2n) is 7.11. The highest BCUT2D eigenvalue weighted by atomic mass is 32.2. The fourth-order valence-electron chi connectivity index (χ4n) is 3.50. The monoisotopic (exact) mass is 404 g/mol. The number of sulfonamides is 1. The topological polar surface area (TPSA) is 78.9 Å². The SMILES string of the molecule is CCCN[C@@H]1CCN(S(=O)(=O)c2ccc(C)cc2)c2cc(OC)ccc2[C@@H]1O.